The Balaban J connectivity index is 3.12. The van der Waals surface area contributed by atoms with Crippen LogP contribution in [0, 0.1) is 0 Å². The molecule has 0 aliphatic rings. The molecule has 1 amide bonds. The van der Waals surface area contributed by atoms with E-state index in [0.29, 0.717) is 24.0 Å². The van der Waals surface area contributed by atoms with Crippen molar-refractivity contribution in [3.8, 4) is 0 Å². The van der Waals surface area contributed by atoms with Crippen molar-refractivity contribution in [3.05, 3.63) is 11.9 Å². The van der Waals surface area contributed by atoms with Gasteiger partial charge in [-0.15, -0.1) is 0 Å². The molecule has 0 bridgehead atoms. The molecule has 0 aliphatic heterocycles. The second-order valence-corrected chi connectivity index (χ2v) is 4.25. The Morgan fingerprint density at radius 1 is 1.50 bits per heavy atom. The van der Waals surface area contributed by atoms with Crippen LogP contribution in [0.15, 0.2) is 6.07 Å². The molecule has 0 spiro atoms. The van der Waals surface area contributed by atoms with Crippen LogP contribution in [-0.4, -0.2) is 29.0 Å². The van der Waals surface area contributed by atoms with Crippen molar-refractivity contribution in [1.29, 1.82) is 0 Å². The maximum Gasteiger partial charge on any atom is 0.236 e. The fraction of sp³-hybridized carbons (Fsp3) is 0.545. The first-order valence-corrected chi connectivity index (χ1v) is 5.86. The lowest BCUT2D eigenvalue weighted by atomic mass is 10.2. The maximum atomic E-state index is 11.0. The maximum absolute atomic E-state index is 11.0. The number of nitrogens with one attached hydrogen (secondary N) is 1. The molecule has 0 radical (unpaired) electrons. The van der Waals surface area contributed by atoms with Crippen molar-refractivity contribution in [2.24, 2.45) is 11.6 Å². The van der Waals surface area contributed by atoms with E-state index in [4.69, 9.17) is 11.6 Å². The van der Waals surface area contributed by atoms with E-state index < -0.39 is 5.91 Å². The summed E-state index contributed by atoms with van der Waals surface area (Å²) in [6, 6.07) is 1.69. The number of carbonyl (C=O) groups is 1. The SMILES string of the molecule is CCN(CC(N)=O)c1cc(NN)nc(C(C)C)n1. The number of primary amides is 1. The van der Waals surface area contributed by atoms with Gasteiger partial charge in [-0.2, -0.15) is 0 Å². The number of hydrazine groups is 1. The highest BCUT2D eigenvalue weighted by Gasteiger charge is 2.13. The molecule has 1 aromatic rings. The molecule has 0 saturated heterocycles. The third-order valence-electron chi connectivity index (χ3n) is 2.45. The van der Waals surface area contributed by atoms with Crippen LogP contribution < -0.4 is 21.9 Å². The van der Waals surface area contributed by atoms with E-state index >= 15 is 0 Å². The van der Waals surface area contributed by atoms with E-state index in [2.05, 4.69) is 15.4 Å². The third-order valence-corrected chi connectivity index (χ3v) is 2.45. The second-order valence-electron chi connectivity index (χ2n) is 4.25. The first-order chi connectivity index (χ1) is 8.47. The molecule has 1 aromatic heterocycles. The first kappa shape index (κ1) is 14.2. The largest absolute Gasteiger partial charge is 0.368 e. The minimum Gasteiger partial charge on any atom is -0.368 e. The molecule has 0 aromatic carbocycles. The highest BCUT2D eigenvalue weighted by Crippen LogP contribution is 2.19. The van der Waals surface area contributed by atoms with Gasteiger partial charge in [-0.3, -0.25) is 4.79 Å². The van der Waals surface area contributed by atoms with Gasteiger partial charge in [0.1, 0.15) is 17.5 Å². The Kier molecular flexibility index (Phi) is 4.85. The Morgan fingerprint density at radius 3 is 2.61 bits per heavy atom. The molecule has 1 heterocycles. The van der Waals surface area contributed by atoms with Crippen molar-refractivity contribution in [2.45, 2.75) is 26.7 Å². The monoisotopic (exact) mass is 252 g/mol. The normalized spacial score (nSPS) is 10.5. The number of nitrogens with zero attached hydrogens (tertiary/aromatic N) is 3. The highest BCUT2D eigenvalue weighted by molar-refractivity contribution is 5.79. The van der Waals surface area contributed by atoms with Crippen molar-refractivity contribution < 1.29 is 4.79 Å². The fourth-order valence-corrected chi connectivity index (χ4v) is 1.49. The average Bonchev–Trinajstić information content (AvgIpc) is 2.34. The van der Waals surface area contributed by atoms with Gasteiger partial charge in [0.05, 0.1) is 6.54 Å². The molecule has 0 aliphatic carbocycles. The first-order valence-electron chi connectivity index (χ1n) is 5.86. The lowest BCUT2D eigenvalue weighted by Crippen LogP contribution is -2.34. The van der Waals surface area contributed by atoms with Crippen LogP contribution in [0.5, 0.6) is 0 Å². The summed E-state index contributed by atoms with van der Waals surface area (Å²) in [7, 11) is 0. The van der Waals surface area contributed by atoms with Crippen LogP contribution in [0.1, 0.15) is 32.5 Å². The molecular formula is C11H20N6O. The van der Waals surface area contributed by atoms with E-state index in [0.717, 1.165) is 0 Å². The van der Waals surface area contributed by atoms with Crippen LogP contribution in [0.25, 0.3) is 0 Å². The van der Waals surface area contributed by atoms with Gasteiger partial charge >= 0.3 is 0 Å². The van der Waals surface area contributed by atoms with Crippen LogP contribution in [0.4, 0.5) is 11.6 Å². The number of hydrogen-bond donors (Lipinski definition) is 3. The zero-order valence-corrected chi connectivity index (χ0v) is 11.0. The van der Waals surface area contributed by atoms with Crippen molar-refractivity contribution in [1.82, 2.24) is 9.97 Å². The van der Waals surface area contributed by atoms with E-state index in [1.807, 2.05) is 20.8 Å². The summed E-state index contributed by atoms with van der Waals surface area (Å²) in [4.78, 5) is 21.5. The lowest BCUT2D eigenvalue weighted by molar-refractivity contribution is -0.116. The minimum absolute atomic E-state index is 0.120. The van der Waals surface area contributed by atoms with Gasteiger partial charge in [-0.1, -0.05) is 13.8 Å². The molecule has 7 nitrogen and oxygen atoms in total. The molecule has 100 valence electrons. The van der Waals surface area contributed by atoms with Gasteiger partial charge < -0.3 is 16.1 Å². The van der Waals surface area contributed by atoms with Gasteiger partial charge in [-0.05, 0) is 6.92 Å². The lowest BCUT2D eigenvalue weighted by Gasteiger charge is -2.21. The van der Waals surface area contributed by atoms with Crippen LogP contribution in [0.3, 0.4) is 0 Å². The van der Waals surface area contributed by atoms with Gasteiger partial charge in [-0.25, -0.2) is 15.8 Å². The molecule has 0 saturated carbocycles. The van der Waals surface area contributed by atoms with E-state index in [-0.39, 0.29) is 12.5 Å². The fourth-order valence-electron chi connectivity index (χ4n) is 1.49. The van der Waals surface area contributed by atoms with Gasteiger partial charge in [0.2, 0.25) is 5.91 Å². The number of rotatable bonds is 6. The summed E-state index contributed by atoms with van der Waals surface area (Å²) in [5.41, 5.74) is 7.71. The predicted octanol–water partition coefficient (Wildman–Crippen LogP) is 0.197. The molecule has 1 rings (SSSR count). The zero-order valence-electron chi connectivity index (χ0n) is 11.0. The summed E-state index contributed by atoms with van der Waals surface area (Å²) < 4.78 is 0. The number of nitrogen functional groups attached to an aromatic ring is 1. The van der Waals surface area contributed by atoms with Gasteiger partial charge in [0.15, 0.2) is 0 Å². The molecule has 7 heteroatoms. The van der Waals surface area contributed by atoms with E-state index in [1.165, 1.54) is 0 Å². The summed E-state index contributed by atoms with van der Waals surface area (Å²) in [5, 5.41) is 0. The topological polar surface area (TPSA) is 110 Å². The summed E-state index contributed by atoms with van der Waals surface area (Å²) >= 11 is 0. The third kappa shape index (κ3) is 3.56. The number of aromatic nitrogens is 2. The summed E-state index contributed by atoms with van der Waals surface area (Å²) in [5.74, 6) is 6.98. The highest BCUT2D eigenvalue weighted by atomic mass is 16.1. The number of amides is 1. The molecule has 18 heavy (non-hydrogen) atoms. The van der Waals surface area contributed by atoms with Crippen molar-refractivity contribution >= 4 is 17.5 Å². The van der Waals surface area contributed by atoms with Gasteiger partial charge in [0, 0.05) is 18.5 Å². The predicted molar refractivity (Wildman–Crippen MR) is 71.0 cm³/mol. The van der Waals surface area contributed by atoms with Crippen LogP contribution in [-0.2, 0) is 4.79 Å². The Hall–Kier alpha value is -1.89. The quantitative estimate of drug-likeness (QED) is 0.492. The van der Waals surface area contributed by atoms with Gasteiger partial charge in [0.25, 0.3) is 0 Å². The molecule has 0 fully saturated rings. The number of nitrogens with two attached hydrogens (primary N) is 2. The van der Waals surface area contributed by atoms with Crippen molar-refractivity contribution in [2.75, 3.05) is 23.4 Å². The zero-order chi connectivity index (χ0) is 13.7. The number of anilines is 2. The standard InChI is InChI=1S/C11H20N6O/c1-4-17(6-8(12)18)10-5-9(16-13)14-11(15-10)7(2)3/h5,7H,4,6,13H2,1-3H3,(H2,12,18)(H,14,15,16). The Labute approximate surface area is 107 Å². The van der Waals surface area contributed by atoms with E-state index in [1.54, 1.807) is 11.0 Å². The second kappa shape index (κ2) is 6.15. The number of hydrogen-bond acceptors (Lipinski definition) is 6. The minimum atomic E-state index is -0.399. The Bertz CT molecular complexity index is 420. The Morgan fingerprint density at radius 2 is 2.17 bits per heavy atom. The molecule has 5 N–H and O–H groups in total. The number of carbonyl (C=O) groups excluding carboxylic acids is 1. The number of likely N-dealkylation sites (N-methyl/N-ethyl adjacent to an activating group) is 1. The van der Waals surface area contributed by atoms with Crippen LogP contribution >= 0.6 is 0 Å². The average molecular weight is 252 g/mol. The summed E-state index contributed by atoms with van der Waals surface area (Å²) in [6.45, 7) is 6.65. The molecule has 0 unspecified atom stereocenters. The smallest absolute Gasteiger partial charge is 0.236 e. The van der Waals surface area contributed by atoms with Crippen LogP contribution in [0.2, 0.25) is 0 Å². The summed E-state index contributed by atoms with van der Waals surface area (Å²) in [6.07, 6.45) is 0. The van der Waals surface area contributed by atoms with E-state index in [9.17, 15) is 4.79 Å². The molecule has 0 atom stereocenters. The molecular weight excluding hydrogens is 232 g/mol. The van der Waals surface area contributed by atoms with Crippen molar-refractivity contribution in [3.63, 3.8) is 0 Å².